The van der Waals surface area contributed by atoms with E-state index in [-0.39, 0.29) is 0 Å². The summed E-state index contributed by atoms with van der Waals surface area (Å²) >= 11 is 9.39. The molecule has 0 aliphatic heterocycles. The van der Waals surface area contributed by atoms with Crippen molar-refractivity contribution in [1.82, 2.24) is 0 Å². The van der Waals surface area contributed by atoms with Crippen molar-refractivity contribution in [1.29, 1.82) is 0 Å². The molecule has 0 saturated heterocycles. The Kier molecular flexibility index (Phi) is 3.78. The van der Waals surface area contributed by atoms with Crippen molar-refractivity contribution in [2.24, 2.45) is 0 Å². The van der Waals surface area contributed by atoms with Gasteiger partial charge in [0, 0.05) is 20.6 Å². The molecule has 20 heavy (non-hydrogen) atoms. The molecule has 3 rings (SSSR count). The van der Waals surface area contributed by atoms with Gasteiger partial charge in [-0.25, -0.2) is 0 Å². The first-order valence-electron chi connectivity index (χ1n) is 6.18. The first-order chi connectivity index (χ1) is 9.72. The average molecular weight is 342 g/mol. The van der Waals surface area contributed by atoms with Crippen LogP contribution < -0.4 is 0 Å². The fourth-order valence-corrected chi connectivity index (χ4v) is 2.78. The monoisotopic (exact) mass is 340 g/mol. The van der Waals surface area contributed by atoms with Crippen LogP contribution in [-0.4, -0.2) is 0 Å². The van der Waals surface area contributed by atoms with Gasteiger partial charge in [-0.2, -0.15) is 0 Å². The van der Waals surface area contributed by atoms with Crippen LogP contribution in [0.15, 0.2) is 65.1 Å². The van der Waals surface area contributed by atoms with Crippen molar-refractivity contribution in [2.45, 2.75) is 0 Å². The van der Waals surface area contributed by atoms with Gasteiger partial charge in [0.1, 0.15) is 0 Å². The normalized spacial score (nSPS) is 10.1. The summed E-state index contributed by atoms with van der Waals surface area (Å²) in [5, 5.41) is 3.13. The maximum absolute atomic E-state index is 5.92. The molecule has 0 amide bonds. The van der Waals surface area contributed by atoms with Crippen molar-refractivity contribution in [2.75, 3.05) is 0 Å². The Balaban J connectivity index is 1.99. The molecule has 0 saturated carbocycles. The molecule has 0 N–H and O–H groups in total. The van der Waals surface area contributed by atoms with Gasteiger partial charge in [-0.3, -0.25) is 0 Å². The van der Waals surface area contributed by atoms with Gasteiger partial charge in [-0.15, -0.1) is 0 Å². The lowest BCUT2D eigenvalue weighted by atomic mass is 10.1. The molecular formula is C18H10BrCl. The number of rotatable bonds is 0. The highest BCUT2D eigenvalue weighted by atomic mass is 79.9. The molecule has 0 unspecified atom stereocenters. The highest BCUT2D eigenvalue weighted by molar-refractivity contribution is 9.10. The largest absolute Gasteiger partial charge is 0.0843 e. The second-order valence-electron chi connectivity index (χ2n) is 4.44. The van der Waals surface area contributed by atoms with Crippen LogP contribution in [0, 0.1) is 11.8 Å². The first kappa shape index (κ1) is 13.2. The van der Waals surface area contributed by atoms with Crippen molar-refractivity contribution in [3.8, 4) is 11.8 Å². The Hall–Kier alpha value is -1.75. The Bertz CT molecular complexity index is 841. The summed E-state index contributed by atoms with van der Waals surface area (Å²) in [5.41, 5.74) is 1.94. The number of benzene rings is 3. The fourth-order valence-electron chi connectivity index (χ4n) is 2.00. The summed E-state index contributed by atoms with van der Waals surface area (Å²) in [6.45, 7) is 0. The van der Waals surface area contributed by atoms with E-state index in [0.717, 1.165) is 15.6 Å². The molecule has 0 atom stereocenters. The molecule has 0 heterocycles. The van der Waals surface area contributed by atoms with Gasteiger partial charge in [-0.05, 0) is 57.0 Å². The van der Waals surface area contributed by atoms with E-state index < -0.39 is 0 Å². The number of halogens is 2. The maximum atomic E-state index is 5.92. The summed E-state index contributed by atoms with van der Waals surface area (Å²) in [6, 6.07) is 20.1. The predicted octanol–water partition coefficient (Wildman–Crippen LogP) is 5.66. The van der Waals surface area contributed by atoms with Crippen LogP contribution in [0.4, 0.5) is 0 Å². The van der Waals surface area contributed by atoms with E-state index in [9.17, 15) is 0 Å². The van der Waals surface area contributed by atoms with Crippen LogP contribution >= 0.6 is 27.5 Å². The molecule has 0 nitrogen and oxygen atoms in total. The third-order valence-corrected chi connectivity index (χ3v) is 3.91. The Morgan fingerprint density at radius 1 is 0.800 bits per heavy atom. The first-order valence-corrected chi connectivity index (χ1v) is 7.35. The maximum Gasteiger partial charge on any atom is 0.0418 e. The number of hydrogen-bond donors (Lipinski definition) is 0. The van der Waals surface area contributed by atoms with Gasteiger partial charge in [-0.1, -0.05) is 53.8 Å². The van der Waals surface area contributed by atoms with Gasteiger partial charge in [0.2, 0.25) is 0 Å². The molecule has 0 aromatic heterocycles. The Morgan fingerprint density at radius 3 is 2.40 bits per heavy atom. The smallest absolute Gasteiger partial charge is 0.0418 e. The van der Waals surface area contributed by atoms with Crippen molar-refractivity contribution < 1.29 is 0 Å². The molecule has 3 aromatic rings. The molecule has 3 aromatic carbocycles. The molecular weight excluding hydrogens is 332 g/mol. The molecule has 0 radical (unpaired) electrons. The van der Waals surface area contributed by atoms with Crippen LogP contribution in [-0.2, 0) is 0 Å². The molecule has 0 aliphatic rings. The summed E-state index contributed by atoms with van der Waals surface area (Å²) in [4.78, 5) is 0. The number of fused-ring (bicyclic) bond motifs is 1. The van der Waals surface area contributed by atoms with Gasteiger partial charge >= 0.3 is 0 Å². The fraction of sp³-hybridized carbons (Fsp3) is 0. The summed E-state index contributed by atoms with van der Waals surface area (Å²) in [5.74, 6) is 6.36. The molecule has 0 spiro atoms. The van der Waals surface area contributed by atoms with Gasteiger partial charge in [0.05, 0.1) is 0 Å². The SMILES string of the molecule is Clc1ccc(C#Cc2ccc3ccccc3c2)c(Br)c1. The molecule has 96 valence electrons. The van der Waals surface area contributed by atoms with Crippen LogP contribution in [0.3, 0.4) is 0 Å². The minimum atomic E-state index is 0.702. The standard InChI is InChI=1S/C18H10BrCl/c19-18-12-17(20)10-9-15(18)8-6-13-5-7-14-3-1-2-4-16(14)11-13/h1-5,7,9-12H. The van der Waals surface area contributed by atoms with E-state index in [2.05, 4.69) is 52.0 Å². The van der Waals surface area contributed by atoms with Crippen molar-refractivity contribution >= 4 is 38.3 Å². The van der Waals surface area contributed by atoms with Crippen LogP contribution in [0.1, 0.15) is 11.1 Å². The zero-order valence-electron chi connectivity index (χ0n) is 10.5. The summed E-state index contributed by atoms with van der Waals surface area (Å²) < 4.78 is 0.915. The van der Waals surface area contributed by atoms with Crippen LogP contribution in [0.2, 0.25) is 5.02 Å². The molecule has 0 fully saturated rings. The summed E-state index contributed by atoms with van der Waals surface area (Å²) in [6.07, 6.45) is 0. The van der Waals surface area contributed by atoms with Gasteiger partial charge < -0.3 is 0 Å². The van der Waals surface area contributed by atoms with Crippen molar-refractivity contribution in [3.63, 3.8) is 0 Å². The lowest BCUT2D eigenvalue weighted by molar-refractivity contribution is 1.58. The molecule has 0 bridgehead atoms. The summed E-state index contributed by atoms with van der Waals surface area (Å²) in [7, 11) is 0. The quantitative estimate of drug-likeness (QED) is 0.463. The highest BCUT2D eigenvalue weighted by Crippen LogP contribution is 2.21. The van der Waals surface area contributed by atoms with E-state index in [0.29, 0.717) is 5.02 Å². The van der Waals surface area contributed by atoms with Gasteiger partial charge in [0.25, 0.3) is 0 Å². The zero-order chi connectivity index (χ0) is 13.9. The number of hydrogen-bond acceptors (Lipinski definition) is 0. The van der Waals surface area contributed by atoms with Crippen LogP contribution in [0.5, 0.6) is 0 Å². The zero-order valence-corrected chi connectivity index (χ0v) is 12.9. The molecule has 2 heteroatoms. The third kappa shape index (κ3) is 2.88. The van der Waals surface area contributed by atoms with E-state index >= 15 is 0 Å². The van der Waals surface area contributed by atoms with Gasteiger partial charge in [0.15, 0.2) is 0 Å². The van der Waals surface area contributed by atoms with E-state index in [1.54, 1.807) is 0 Å². The van der Waals surface area contributed by atoms with E-state index in [1.807, 2.05) is 36.4 Å². The lowest BCUT2D eigenvalue weighted by Gasteiger charge is -1.98. The van der Waals surface area contributed by atoms with E-state index in [1.165, 1.54) is 10.8 Å². The minimum Gasteiger partial charge on any atom is -0.0843 e. The van der Waals surface area contributed by atoms with E-state index in [4.69, 9.17) is 11.6 Å². The molecule has 0 aliphatic carbocycles. The van der Waals surface area contributed by atoms with Crippen LogP contribution in [0.25, 0.3) is 10.8 Å². The Labute approximate surface area is 131 Å². The predicted molar refractivity (Wildman–Crippen MR) is 89.1 cm³/mol. The highest BCUT2D eigenvalue weighted by Gasteiger charge is 1.97. The van der Waals surface area contributed by atoms with Crippen molar-refractivity contribution in [3.05, 3.63) is 81.3 Å². The third-order valence-electron chi connectivity index (χ3n) is 3.02. The Morgan fingerprint density at radius 2 is 1.60 bits per heavy atom. The average Bonchev–Trinajstić information content (AvgIpc) is 2.46. The second kappa shape index (κ2) is 5.71. The topological polar surface area (TPSA) is 0 Å². The second-order valence-corrected chi connectivity index (χ2v) is 5.73. The minimum absolute atomic E-state index is 0.702. The lowest BCUT2D eigenvalue weighted by Crippen LogP contribution is -1.79.